The molecule has 15 heavy (non-hydrogen) atoms. The minimum absolute atomic E-state index is 0.0104. The minimum Gasteiger partial charge on any atom is -0.362 e. The van der Waals surface area contributed by atoms with Crippen LogP contribution in [0.3, 0.4) is 0 Å². The van der Waals surface area contributed by atoms with Crippen LogP contribution < -0.4 is 17.2 Å². The smallest absolute Gasteiger partial charge is 0.116 e. The van der Waals surface area contributed by atoms with Crippen molar-refractivity contribution in [3.63, 3.8) is 0 Å². The van der Waals surface area contributed by atoms with Crippen molar-refractivity contribution in [2.75, 3.05) is 0 Å². The average molecular weight is 323 g/mol. The first kappa shape index (κ1) is 10.7. The third kappa shape index (κ3) is 1.21. The van der Waals surface area contributed by atoms with Crippen LogP contribution >= 0.6 is 22.6 Å². The monoisotopic (exact) mass is 323 g/mol. The number of rotatable bonds is 0. The molecule has 6 atom stereocenters. The average Bonchev–Trinajstić information content (AvgIpc) is 2.88. The van der Waals surface area contributed by atoms with E-state index in [9.17, 15) is 0 Å². The Kier molecular flexibility index (Phi) is 2.19. The van der Waals surface area contributed by atoms with Crippen molar-refractivity contribution in [1.29, 1.82) is 0 Å². The van der Waals surface area contributed by atoms with Crippen LogP contribution in [0.15, 0.2) is 0 Å². The molecular weight excluding hydrogens is 305 g/mol. The largest absolute Gasteiger partial charge is 0.362 e. The number of epoxide rings is 1. The van der Waals surface area contributed by atoms with Crippen molar-refractivity contribution in [3.05, 3.63) is 0 Å². The molecular formula is C10H18IN3O. The SMILES string of the molecule is NC1C[C@@H](N)[C@]2(N)C[C@H](I)CCC23OC13. The number of ether oxygens (including phenoxy) is 1. The zero-order valence-corrected chi connectivity index (χ0v) is 10.8. The second kappa shape index (κ2) is 3.07. The van der Waals surface area contributed by atoms with Gasteiger partial charge in [0, 0.05) is 16.0 Å². The lowest BCUT2D eigenvalue weighted by molar-refractivity contribution is 0.102. The third-order valence-electron chi connectivity index (χ3n) is 4.49. The Balaban J connectivity index is 1.95. The quantitative estimate of drug-likeness (QED) is 0.329. The Hall–Kier alpha value is 0.570. The topological polar surface area (TPSA) is 90.6 Å². The molecule has 0 radical (unpaired) electrons. The molecule has 1 saturated heterocycles. The van der Waals surface area contributed by atoms with Crippen LogP contribution in [0.25, 0.3) is 0 Å². The van der Waals surface area contributed by atoms with E-state index in [0.29, 0.717) is 3.92 Å². The molecule has 0 aromatic heterocycles. The van der Waals surface area contributed by atoms with Gasteiger partial charge < -0.3 is 21.9 Å². The number of hydrogen-bond donors (Lipinski definition) is 3. The van der Waals surface area contributed by atoms with Gasteiger partial charge in [-0.15, -0.1) is 0 Å². The maximum absolute atomic E-state index is 6.53. The summed E-state index contributed by atoms with van der Waals surface area (Å²) in [6.45, 7) is 0. The molecule has 3 fully saturated rings. The molecule has 5 heteroatoms. The first-order valence-corrected chi connectivity index (χ1v) is 6.86. The van der Waals surface area contributed by atoms with E-state index in [0.717, 1.165) is 19.3 Å². The molecule has 0 aromatic rings. The molecule has 1 aliphatic heterocycles. The molecule has 3 rings (SSSR count). The summed E-state index contributed by atoms with van der Waals surface area (Å²) >= 11 is 2.47. The summed E-state index contributed by atoms with van der Waals surface area (Å²) in [6, 6.07) is 0.0752. The molecule has 3 unspecified atom stereocenters. The molecule has 3 aliphatic rings. The van der Waals surface area contributed by atoms with E-state index in [-0.39, 0.29) is 29.3 Å². The van der Waals surface area contributed by atoms with Crippen LogP contribution in [0, 0.1) is 0 Å². The first-order chi connectivity index (χ1) is 6.99. The number of alkyl halides is 1. The summed E-state index contributed by atoms with van der Waals surface area (Å²) in [7, 11) is 0. The third-order valence-corrected chi connectivity index (χ3v) is 5.56. The molecule has 2 aliphatic carbocycles. The van der Waals surface area contributed by atoms with Crippen LogP contribution in [0.2, 0.25) is 0 Å². The Labute approximate surface area is 103 Å². The van der Waals surface area contributed by atoms with Gasteiger partial charge in [-0.2, -0.15) is 0 Å². The van der Waals surface area contributed by atoms with Gasteiger partial charge in [0.25, 0.3) is 0 Å². The van der Waals surface area contributed by atoms with Gasteiger partial charge in [0.05, 0.1) is 5.54 Å². The van der Waals surface area contributed by atoms with E-state index in [2.05, 4.69) is 22.6 Å². The molecule has 2 saturated carbocycles. The fraction of sp³-hybridized carbons (Fsp3) is 1.00. The van der Waals surface area contributed by atoms with E-state index in [1.165, 1.54) is 6.42 Å². The molecule has 6 N–H and O–H groups in total. The Morgan fingerprint density at radius 1 is 1.33 bits per heavy atom. The summed E-state index contributed by atoms with van der Waals surface area (Å²) < 4.78 is 6.50. The standard InChI is InChI=1S/C10H18IN3O/c11-5-1-2-10-8(15-10)6(12)3-7(13)9(10,14)4-5/h5-8H,1-4,12-14H2/t5-,6?,7-,8?,9-,10?/m1/s1. The first-order valence-electron chi connectivity index (χ1n) is 5.61. The van der Waals surface area contributed by atoms with Gasteiger partial charge in [-0.05, 0) is 25.7 Å². The zero-order chi connectivity index (χ0) is 10.8. The molecule has 1 spiro atoms. The van der Waals surface area contributed by atoms with Gasteiger partial charge in [-0.25, -0.2) is 0 Å². The van der Waals surface area contributed by atoms with Gasteiger partial charge in [-0.1, -0.05) is 22.6 Å². The summed E-state index contributed by atoms with van der Waals surface area (Å²) in [5.74, 6) is 0. The summed E-state index contributed by atoms with van der Waals surface area (Å²) in [4.78, 5) is 0. The molecule has 86 valence electrons. The van der Waals surface area contributed by atoms with E-state index in [4.69, 9.17) is 21.9 Å². The number of hydrogen-bond acceptors (Lipinski definition) is 4. The van der Waals surface area contributed by atoms with Crippen molar-refractivity contribution < 1.29 is 4.74 Å². The van der Waals surface area contributed by atoms with Crippen LogP contribution in [0.1, 0.15) is 25.7 Å². The molecule has 1 heterocycles. The van der Waals surface area contributed by atoms with Crippen molar-refractivity contribution >= 4 is 22.6 Å². The van der Waals surface area contributed by atoms with Gasteiger partial charge in [-0.3, -0.25) is 0 Å². The van der Waals surface area contributed by atoms with Gasteiger partial charge in [0.2, 0.25) is 0 Å². The highest BCUT2D eigenvalue weighted by Crippen LogP contribution is 2.59. The fourth-order valence-electron chi connectivity index (χ4n) is 3.54. The molecule has 0 bridgehead atoms. The van der Waals surface area contributed by atoms with E-state index >= 15 is 0 Å². The highest BCUT2D eigenvalue weighted by atomic mass is 127. The van der Waals surface area contributed by atoms with Gasteiger partial charge >= 0.3 is 0 Å². The Bertz CT molecular complexity index is 302. The van der Waals surface area contributed by atoms with Crippen molar-refractivity contribution in [1.82, 2.24) is 0 Å². The highest BCUT2D eigenvalue weighted by Gasteiger charge is 2.74. The van der Waals surface area contributed by atoms with E-state index in [1.54, 1.807) is 0 Å². The van der Waals surface area contributed by atoms with Crippen LogP contribution in [-0.4, -0.2) is 33.3 Å². The molecule has 4 nitrogen and oxygen atoms in total. The lowest BCUT2D eigenvalue weighted by atomic mass is 9.62. The second-order valence-electron chi connectivity index (χ2n) is 5.31. The summed E-state index contributed by atoms with van der Waals surface area (Å²) in [6.07, 6.45) is 4.15. The zero-order valence-electron chi connectivity index (χ0n) is 8.66. The number of nitrogens with two attached hydrogens (primary N) is 3. The summed E-state index contributed by atoms with van der Waals surface area (Å²) in [5.41, 5.74) is 18.3. The molecule has 0 amide bonds. The number of halogens is 1. The normalized spacial score (nSPS) is 63.2. The van der Waals surface area contributed by atoms with Crippen molar-refractivity contribution in [2.24, 2.45) is 17.2 Å². The van der Waals surface area contributed by atoms with E-state index in [1.807, 2.05) is 0 Å². The van der Waals surface area contributed by atoms with Crippen molar-refractivity contribution in [3.8, 4) is 0 Å². The lowest BCUT2D eigenvalue weighted by Gasteiger charge is -2.49. The van der Waals surface area contributed by atoms with Crippen LogP contribution in [-0.2, 0) is 4.74 Å². The van der Waals surface area contributed by atoms with E-state index < -0.39 is 0 Å². The summed E-state index contributed by atoms with van der Waals surface area (Å²) in [5, 5.41) is 0. The Morgan fingerprint density at radius 3 is 2.80 bits per heavy atom. The predicted molar refractivity (Wildman–Crippen MR) is 66.7 cm³/mol. The van der Waals surface area contributed by atoms with Crippen LogP contribution in [0.4, 0.5) is 0 Å². The second-order valence-corrected chi connectivity index (χ2v) is 7.08. The maximum atomic E-state index is 6.53. The van der Waals surface area contributed by atoms with Gasteiger partial charge in [0.1, 0.15) is 11.7 Å². The van der Waals surface area contributed by atoms with Crippen molar-refractivity contribution in [2.45, 2.75) is 58.9 Å². The van der Waals surface area contributed by atoms with Crippen LogP contribution in [0.5, 0.6) is 0 Å². The predicted octanol–water partition coefficient (Wildman–Crippen LogP) is -0.133. The maximum Gasteiger partial charge on any atom is 0.116 e. The highest BCUT2D eigenvalue weighted by molar-refractivity contribution is 14.1. The Morgan fingerprint density at radius 2 is 2.07 bits per heavy atom. The lowest BCUT2D eigenvalue weighted by Crippen LogP contribution is -2.72. The van der Waals surface area contributed by atoms with Gasteiger partial charge in [0.15, 0.2) is 0 Å². The molecule has 0 aromatic carbocycles. The minimum atomic E-state index is -0.336. The fourth-order valence-corrected chi connectivity index (χ4v) is 4.58.